The Bertz CT molecular complexity index is 1300. The third kappa shape index (κ3) is 4.75. The molecule has 0 saturated carbocycles. The van der Waals surface area contributed by atoms with Crippen LogP contribution in [0.1, 0.15) is 31.3 Å². The number of rotatable bonds is 8. The minimum Gasteiger partial charge on any atom is -0.359 e. The number of hydrogen-bond donors (Lipinski definition) is 2. The highest BCUT2D eigenvalue weighted by atomic mass is 35.5. The van der Waals surface area contributed by atoms with Gasteiger partial charge < -0.3 is 15.3 Å². The summed E-state index contributed by atoms with van der Waals surface area (Å²) in [6, 6.07) is 6.04. The SMILES string of the molecule is CNC(=O)CCN=CCC(=N)c1cc2c(ccc3nnc(C)n32)n1CC1C=C(Cl)C=CC1C. The summed E-state index contributed by atoms with van der Waals surface area (Å²) in [5.41, 5.74) is 4.06. The number of allylic oxidation sites excluding steroid dienone is 4. The van der Waals surface area contributed by atoms with Crippen LogP contribution in [0.25, 0.3) is 16.7 Å². The van der Waals surface area contributed by atoms with Gasteiger partial charge in [0.25, 0.3) is 0 Å². The number of carbonyl (C=O) groups is 1. The van der Waals surface area contributed by atoms with E-state index in [1.54, 1.807) is 13.3 Å². The lowest BCUT2D eigenvalue weighted by Crippen LogP contribution is -2.20. The summed E-state index contributed by atoms with van der Waals surface area (Å²) >= 11 is 6.31. The molecule has 1 amide bonds. The van der Waals surface area contributed by atoms with Gasteiger partial charge in [0, 0.05) is 50.1 Å². The molecular weight excluding hydrogens is 438 g/mol. The normalized spacial score (nSPS) is 18.4. The van der Waals surface area contributed by atoms with Gasteiger partial charge in [-0.3, -0.25) is 14.2 Å². The Balaban J connectivity index is 1.69. The first-order valence-electron chi connectivity index (χ1n) is 11.0. The summed E-state index contributed by atoms with van der Waals surface area (Å²) in [7, 11) is 1.61. The molecule has 2 N–H and O–H groups in total. The highest BCUT2D eigenvalue weighted by Gasteiger charge is 2.22. The van der Waals surface area contributed by atoms with Crippen molar-refractivity contribution in [1.29, 1.82) is 5.41 Å². The Kier molecular flexibility index (Phi) is 6.74. The molecule has 0 bridgehead atoms. The van der Waals surface area contributed by atoms with Gasteiger partial charge in [0.2, 0.25) is 5.91 Å². The predicted octanol–water partition coefficient (Wildman–Crippen LogP) is 3.90. The highest BCUT2D eigenvalue weighted by molar-refractivity contribution is 6.31. The highest BCUT2D eigenvalue weighted by Crippen LogP contribution is 2.30. The number of aliphatic imine (C=N–C) groups is 1. The summed E-state index contributed by atoms with van der Waals surface area (Å²) < 4.78 is 4.21. The lowest BCUT2D eigenvalue weighted by molar-refractivity contribution is -0.120. The Labute approximate surface area is 197 Å². The second-order valence-electron chi connectivity index (χ2n) is 8.31. The third-order valence-electron chi connectivity index (χ3n) is 6.08. The minimum absolute atomic E-state index is 0.0435. The van der Waals surface area contributed by atoms with Gasteiger partial charge in [-0.05, 0) is 37.1 Å². The van der Waals surface area contributed by atoms with Crippen LogP contribution in [-0.4, -0.2) is 50.6 Å². The zero-order chi connectivity index (χ0) is 23.5. The fourth-order valence-electron chi connectivity index (χ4n) is 4.16. The van der Waals surface area contributed by atoms with Crippen LogP contribution in [0.15, 0.2) is 46.5 Å². The number of nitrogens with one attached hydrogen (secondary N) is 2. The Morgan fingerprint density at radius 2 is 2.15 bits per heavy atom. The van der Waals surface area contributed by atoms with Crippen molar-refractivity contribution < 1.29 is 4.79 Å². The predicted molar refractivity (Wildman–Crippen MR) is 132 cm³/mol. The molecular formula is C24H28ClN7O. The zero-order valence-electron chi connectivity index (χ0n) is 19.0. The van der Waals surface area contributed by atoms with Crippen molar-refractivity contribution in [2.45, 2.75) is 33.2 Å². The van der Waals surface area contributed by atoms with E-state index >= 15 is 0 Å². The molecule has 3 heterocycles. The maximum Gasteiger partial charge on any atom is 0.221 e. The number of fused-ring (bicyclic) bond motifs is 3. The molecule has 33 heavy (non-hydrogen) atoms. The fourth-order valence-corrected chi connectivity index (χ4v) is 4.39. The smallest absolute Gasteiger partial charge is 0.221 e. The van der Waals surface area contributed by atoms with Gasteiger partial charge in [-0.25, -0.2) is 0 Å². The van der Waals surface area contributed by atoms with Crippen LogP contribution in [0.5, 0.6) is 0 Å². The van der Waals surface area contributed by atoms with Crippen molar-refractivity contribution in [2.24, 2.45) is 16.8 Å². The van der Waals surface area contributed by atoms with Crippen LogP contribution in [0.2, 0.25) is 0 Å². The standard InChI is InChI=1S/C24H28ClN7O/c1-15-4-5-18(25)12-17(15)14-31-20-6-7-23-30-29-16(2)32(23)22(20)13-21(31)19(26)8-10-28-11-9-24(33)27-3/h4-7,10,12-13,15,17,26H,8-9,11,14H2,1-3H3,(H,27,33). The molecule has 4 rings (SSSR count). The number of amides is 1. The first-order chi connectivity index (χ1) is 15.9. The number of carbonyl (C=O) groups excluding carboxylic acids is 1. The second-order valence-corrected chi connectivity index (χ2v) is 8.75. The Hall–Kier alpha value is -3.26. The van der Waals surface area contributed by atoms with Crippen LogP contribution in [0, 0.1) is 24.2 Å². The zero-order valence-corrected chi connectivity index (χ0v) is 19.8. The molecule has 0 saturated heterocycles. The number of aromatic nitrogens is 4. The second kappa shape index (κ2) is 9.70. The third-order valence-corrected chi connectivity index (χ3v) is 6.33. The van der Waals surface area contributed by atoms with E-state index in [-0.39, 0.29) is 11.8 Å². The molecule has 2 unspecified atom stereocenters. The molecule has 0 fully saturated rings. The van der Waals surface area contributed by atoms with E-state index in [1.807, 2.05) is 35.6 Å². The van der Waals surface area contributed by atoms with E-state index in [4.69, 9.17) is 17.0 Å². The number of hydrogen-bond acceptors (Lipinski definition) is 5. The summed E-state index contributed by atoms with van der Waals surface area (Å²) in [4.78, 5) is 15.7. The number of pyridine rings is 1. The average molecular weight is 466 g/mol. The molecule has 0 spiro atoms. The number of nitrogens with zero attached hydrogens (tertiary/aromatic N) is 5. The van der Waals surface area contributed by atoms with Crippen molar-refractivity contribution in [3.8, 4) is 0 Å². The van der Waals surface area contributed by atoms with Crippen molar-refractivity contribution in [3.63, 3.8) is 0 Å². The summed E-state index contributed by atoms with van der Waals surface area (Å²) in [5, 5.41) is 20.6. The Morgan fingerprint density at radius 3 is 2.94 bits per heavy atom. The van der Waals surface area contributed by atoms with Gasteiger partial charge in [-0.15, -0.1) is 10.2 Å². The maximum atomic E-state index is 11.4. The van der Waals surface area contributed by atoms with E-state index < -0.39 is 0 Å². The van der Waals surface area contributed by atoms with Gasteiger partial charge >= 0.3 is 0 Å². The topological polar surface area (TPSA) is 100 Å². The first-order valence-corrected chi connectivity index (χ1v) is 11.4. The fraction of sp³-hybridized carbons (Fsp3) is 0.375. The quantitative estimate of drug-likeness (QED) is 0.493. The van der Waals surface area contributed by atoms with Gasteiger partial charge in [0.1, 0.15) is 5.82 Å². The monoisotopic (exact) mass is 465 g/mol. The van der Waals surface area contributed by atoms with Gasteiger partial charge in [0.05, 0.1) is 22.4 Å². The molecule has 1 aliphatic rings. The number of halogens is 1. The molecule has 2 atom stereocenters. The summed E-state index contributed by atoms with van der Waals surface area (Å²) in [5.74, 6) is 1.30. The molecule has 0 aliphatic heterocycles. The Morgan fingerprint density at radius 1 is 1.33 bits per heavy atom. The van der Waals surface area contributed by atoms with Crippen molar-refractivity contribution in [2.75, 3.05) is 13.6 Å². The minimum atomic E-state index is -0.0435. The van der Waals surface area contributed by atoms with Crippen molar-refractivity contribution in [3.05, 3.63) is 53.0 Å². The van der Waals surface area contributed by atoms with E-state index in [1.165, 1.54) is 0 Å². The molecule has 3 aromatic rings. The van der Waals surface area contributed by atoms with Crippen LogP contribution in [-0.2, 0) is 11.3 Å². The van der Waals surface area contributed by atoms with Gasteiger partial charge in [-0.1, -0.05) is 30.7 Å². The van der Waals surface area contributed by atoms with E-state index in [0.717, 1.165) is 33.2 Å². The van der Waals surface area contributed by atoms with Crippen molar-refractivity contribution in [1.82, 2.24) is 24.5 Å². The molecule has 3 aromatic heterocycles. The molecule has 172 valence electrons. The van der Waals surface area contributed by atoms with E-state index in [0.29, 0.717) is 37.6 Å². The molecule has 0 aromatic carbocycles. The average Bonchev–Trinajstić information content (AvgIpc) is 3.36. The number of aryl methyl sites for hydroxylation is 1. The summed E-state index contributed by atoms with van der Waals surface area (Å²) in [6.07, 6.45) is 8.60. The van der Waals surface area contributed by atoms with Crippen LogP contribution < -0.4 is 5.32 Å². The molecule has 1 aliphatic carbocycles. The molecule has 8 nitrogen and oxygen atoms in total. The maximum absolute atomic E-state index is 11.4. The molecule has 0 radical (unpaired) electrons. The van der Waals surface area contributed by atoms with Gasteiger partial charge in [-0.2, -0.15) is 0 Å². The van der Waals surface area contributed by atoms with Gasteiger partial charge in [0.15, 0.2) is 5.65 Å². The van der Waals surface area contributed by atoms with Crippen LogP contribution in [0.4, 0.5) is 0 Å². The van der Waals surface area contributed by atoms with E-state index in [9.17, 15) is 4.79 Å². The first kappa shape index (κ1) is 22.9. The lowest BCUT2D eigenvalue weighted by Gasteiger charge is -2.24. The van der Waals surface area contributed by atoms with Crippen molar-refractivity contribution >= 4 is 46.1 Å². The van der Waals surface area contributed by atoms with E-state index in [2.05, 4.69) is 44.1 Å². The van der Waals surface area contributed by atoms with Crippen LogP contribution in [0.3, 0.4) is 0 Å². The summed E-state index contributed by atoms with van der Waals surface area (Å²) in [6.45, 7) is 5.21. The van der Waals surface area contributed by atoms with Crippen LogP contribution >= 0.6 is 11.6 Å². The largest absolute Gasteiger partial charge is 0.359 e. The lowest BCUT2D eigenvalue weighted by atomic mass is 9.89. The molecule has 9 heteroatoms.